The summed E-state index contributed by atoms with van der Waals surface area (Å²) >= 11 is 3.41. The van der Waals surface area contributed by atoms with Crippen molar-refractivity contribution in [3.63, 3.8) is 0 Å². The summed E-state index contributed by atoms with van der Waals surface area (Å²) in [5.41, 5.74) is 3.47. The average Bonchev–Trinajstić information content (AvgIpc) is 3.04. The van der Waals surface area contributed by atoms with Gasteiger partial charge in [0.15, 0.2) is 9.84 Å². The van der Waals surface area contributed by atoms with Gasteiger partial charge in [-0.25, -0.2) is 8.42 Å². The van der Waals surface area contributed by atoms with Crippen LogP contribution in [0.2, 0.25) is 0 Å². The molecular weight excluding hydrogens is 446 g/mol. The zero-order chi connectivity index (χ0) is 20.8. The number of aromatic nitrogens is 2. The van der Waals surface area contributed by atoms with Crippen LogP contribution in [0.5, 0.6) is 0 Å². The van der Waals surface area contributed by atoms with Crippen molar-refractivity contribution in [3.05, 3.63) is 71.8 Å². The first-order valence-electron chi connectivity index (χ1n) is 8.94. The summed E-state index contributed by atoms with van der Waals surface area (Å²) in [5.74, 6) is -1.11. The van der Waals surface area contributed by atoms with Gasteiger partial charge < -0.3 is 0 Å². The number of hydrogen-bond donors (Lipinski definition) is 0. The lowest BCUT2D eigenvalue weighted by atomic mass is 9.87. The van der Waals surface area contributed by atoms with Crippen LogP contribution in [0.4, 0.5) is 0 Å². The van der Waals surface area contributed by atoms with Gasteiger partial charge in [-0.2, -0.15) is 5.10 Å². The lowest BCUT2D eigenvalue weighted by Crippen LogP contribution is -2.23. The monoisotopic (exact) mass is 467 g/mol. The predicted molar refractivity (Wildman–Crippen MR) is 111 cm³/mol. The Labute approximate surface area is 172 Å². The van der Waals surface area contributed by atoms with Crippen LogP contribution in [0.15, 0.2) is 39.2 Å². The molecule has 0 amide bonds. The van der Waals surface area contributed by atoms with E-state index in [0.717, 1.165) is 27.0 Å². The third kappa shape index (κ3) is 3.41. The summed E-state index contributed by atoms with van der Waals surface area (Å²) in [4.78, 5) is 11.1. The molecular formula is C19H22BrN3O4S. The molecule has 0 radical (unpaired) electrons. The number of halogens is 1. The van der Waals surface area contributed by atoms with Gasteiger partial charge in [0.25, 0.3) is 0 Å². The van der Waals surface area contributed by atoms with Gasteiger partial charge in [-0.3, -0.25) is 14.8 Å². The molecule has 28 heavy (non-hydrogen) atoms. The Hall–Kier alpha value is -2.00. The van der Waals surface area contributed by atoms with Gasteiger partial charge in [0.05, 0.1) is 10.6 Å². The normalized spacial score (nSPS) is 19.8. The van der Waals surface area contributed by atoms with Gasteiger partial charge in [0.2, 0.25) is 6.04 Å². The van der Waals surface area contributed by atoms with Crippen molar-refractivity contribution in [3.8, 4) is 0 Å². The number of hydrogen-bond acceptors (Lipinski definition) is 5. The van der Waals surface area contributed by atoms with Crippen molar-refractivity contribution >= 4 is 25.8 Å². The summed E-state index contributed by atoms with van der Waals surface area (Å²) in [6.45, 7) is 7.95. The van der Waals surface area contributed by atoms with Crippen molar-refractivity contribution in [2.45, 2.75) is 46.2 Å². The summed E-state index contributed by atoms with van der Waals surface area (Å²) in [6.07, 6.45) is 0. The number of sulfone groups is 1. The minimum atomic E-state index is -3.78. The first-order chi connectivity index (χ1) is 13.1. The summed E-state index contributed by atoms with van der Waals surface area (Å²) in [7, 11) is -3.78. The third-order valence-electron chi connectivity index (χ3n) is 5.35. The molecule has 2 atom stereocenters. The Balaban J connectivity index is 2.34. The minimum Gasteiger partial charge on any atom is -0.270 e. The molecule has 2 unspecified atom stereocenters. The lowest BCUT2D eigenvalue weighted by molar-refractivity contribution is -0.505. The second-order valence-corrected chi connectivity index (χ2v) is 9.93. The number of aryl methyl sites for hydroxylation is 2. The molecule has 3 rings (SSSR count). The molecule has 2 aromatic rings. The molecule has 2 heterocycles. The van der Waals surface area contributed by atoms with Crippen LogP contribution in [-0.4, -0.2) is 34.9 Å². The van der Waals surface area contributed by atoms with E-state index in [0.29, 0.717) is 12.1 Å². The molecule has 0 fully saturated rings. The van der Waals surface area contributed by atoms with Crippen molar-refractivity contribution in [2.75, 3.05) is 5.75 Å². The molecule has 1 aliphatic rings. The van der Waals surface area contributed by atoms with Crippen LogP contribution >= 0.6 is 15.9 Å². The van der Waals surface area contributed by atoms with Crippen molar-refractivity contribution in [1.29, 1.82) is 0 Å². The molecule has 0 saturated carbocycles. The van der Waals surface area contributed by atoms with Gasteiger partial charge in [-0.1, -0.05) is 28.1 Å². The highest BCUT2D eigenvalue weighted by molar-refractivity contribution is 9.10. The lowest BCUT2D eigenvalue weighted by Gasteiger charge is -2.21. The Bertz CT molecular complexity index is 1070. The van der Waals surface area contributed by atoms with E-state index in [1.165, 1.54) is 0 Å². The molecule has 7 nitrogen and oxygen atoms in total. The maximum absolute atomic E-state index is 13.0. The molecule has 0 saturated heterocycles. The molecule has 1 aliphatic heterocycles. The summed E-state index contributed by atoms with van der Waals surface area (Å²) < 4.78 is 28.8. The average molecular weight is 468 g/mol. The zero-order valence-electron chi connectivity index (χ0n) is 16.1. The smallest absolute Gasteiger partial charge is 0.249 e. The molecule has 0 bridgehead atoms. The van der Waals surface area contributed by atoms with Gasteiger partial charge >= 0.3 is 0 Å². The van der Waals surface area contributed by atoms with Crippen molar-refractivity contribution in [1.82, 2.24) is 9.78 Å². The highest BCUT2D eigenvalue weighted by Crippen LogP contribution is 2.44. The van der Waals surface area contributed by atoms with Crippen LogP contribution in [0.1, 0.15) is 42.3 Å². The Morgan fingerprint density at radius 3 is 2.36 bits per heavy atom. The van der Waals surface area contributed by atoms with Crippen LogP contribution in [0, 0.1) is 24.0 Å². The van der Waals surface area contributed by atoms with E-state index in [2.05, 4.69) is 21.0 Å². The molecule has 0 N–H and O–H groups in total. The number of benzene rings is 1. The molecule has 0 spiro atoms. The zero-order valence-corrected chi connectivity index (χ0v) is 18.5. The Kier molecular flexibility index (Phi) is 5.51. The fraction of sp³-hybridized carbons (Fsp3) is 0.421. The molecule has 0 aliphatic carbocycles. The second kappa shape index (κ2) is 7.44. The fourth-order valence-electron chi connectivity index (χ4n) is 4.00. The molecule has 150 valence electrons. The summed E-state index contributed by atoms with van der Waals surface area (Å²) in [5, 5.41) is 16.0. The first-order valence-corrected chi connectivity index (χ1v) is 11.4. The van der Waals surface area contributed by atoms with Crippen LogP contribution in [0.3, 0.4) is 0 Å². The molecule has 1 aromatic carbocycles. The SMILES string of the molecule is CCn1nc(C)c(C(C2=C(C)C([N+](=O)[O-])CS2(=O)=O)c2ccc(Br)cc2)c1C. The van der Waals surface area contributed by atoms with Crippen LogP contribution in [-0.2, 0) is 16.4 Å². The van der Waals surface area contributed by atoms with E-state index in [1.54, 1.807) is 6.92 Å². The van der Waals surface area contributed by atoms with E-state index in [9.17, 15) is 18.5 Å². The standard InChI is InChI=1S/C19H22BrN3O4S/c1-5-22-13(4)17(12(3)21-22)18(14-6-8-15(20)9-7-14)19-11(2)16(23(24)25)10-28(19,26)27/h6-9,16,18H,5,10H2,1-4H3. The predicted octanol–water partition coefficient (Wildman–Crippen LogP) is 3.76. The van der Waals surface area contributed by atoms with E-state index in [-0.39, 0.29) is 4.91 Å². The minimum absolute atomic E-state index is 0.137. The van der Waals surface area contributed by atoms with E-state index < -0.39 is 32.5 Å². The van der Waals surface area contributed by atoms with Crippen LogP contribution < -0.4 is 0 Å². The van der Waals surface area contributed by atoms with Crippen molar-refractivity contribution < 1.29 is 13.3 Å². The van der Waals surface area contributed by atoms with Crippen molar-refractivity contribution in [2.24, 2.45) is 0 Å². The number of allylic oxidation sites excluding steroid dienone is 1. The molecule has 9 heteroatoms. The van der Waals surface area contributed by atoms with Gasteiger partial charge in [-0.15, -0.1) is 0 Å². The highest BCUT2D eigenvalue weighted by Gasteiger charge is 2.46. The Morgan fingerprint density at radius 1 is 1.29 bits per heavy atom. The van der Waals surface area contributed by atoms with E-state index in [1.807, 2.05) is 49.7 Å². The maximum atomic E-state index is 13.0. The Morgan fingerprint density at radius 2 is 1.89 bits per heavy atom. The summed E-state index contributed by atoms with van der Waals surface area (Å²) in [6, 6.07) is 6.19. The number of rotatable bonds is 5. The first kappa shape index (κ1) is 20.7. The largest absolute Gasteiger partial charge is 0.270 e. The highest BCUT2D eigenvalue weighted by atomic mass is 79.9. The van der Waals surface area contributed by atoms with E-state index in [4.69, 9.17) is 0 Å². The van der Waals surface area contributed by atoms with Crippen LogP contribution in [0.25, 0.3) is 0 Å². The topological polar surface area (TPSA) is 95.1 Å². The van der Waals surface area contributed by atoms with E-state index >= 15 is 0 Å². The maximum Gasteiger partial charge on any atom is 0.249 e. The number of nitrogens with zero attached hydrogens (tertiary/aromatic N) is 3. The fourth-order valence-corrected chi connectivity index (χ4v) is 6.47. The number of nitro groups is 1. The molecule has 1 aromatic heterocycles. The quantitative estimate of drug-likeness (QED) is 0.492. The van der Waals surface area contributed by atoms with Gasteiger partial charge in [0, 0.05) is 38.7 Å². The second-order valence-electron chi connectivity index (χ2n) is 7.01. The van der Waals surface area contributed by atoms with Gasteiger partial charge in [-0.05, 0) is 45.4 Å². The van der Waals surface area contributed by atoms with Gasteiger partial charge in [0.1, 0.15) is 5.75 Å². The third-order valence-corrected chi connectivity index (χ3v) is 7.86.